The summed E-state index contributed by atoms with van der Waals surface area (Å²) in [6.07, 6.45) is 1.55. The van der Waals surface area contributed by atoms with Gasteiger partial charge in [0.15, 0.2) is 14.9 Å². The smallest absolute Gasteiger partial charge is 0.303 e. The van der Waals surface area contributed by atoms with Gasteiger partial charge < -0.3 is 9.30 Å². The summed E-state index contributed by atoms with van der Waals surface area (Å²) in [6, 6.07) is 3.64. The monoisotopic (exact) mass is 308 g/mol. The van der Waals surface area contributed by atoms with Crippen molar-refractivity contribution in [2.24, 2.45) is 0 Å². The lowest BCUT2D eigenvalue weighted by Gasteiger charge is -2.08. The molecule has 0 fully saturated rings. The fraction of sp³-hybridized carbons (Fsp3) is 0.429. The standard InChI is InChI=1S/C14H16N2O4S/c1-8-6-11-10(14(15-8)21(3,18)19)7-12-13(20-9(2)17)4-5-16(11)12/h6-7,13H,4-5H2,1-3H3. The Morgan fingerprint density at radius 3 is 2.76 bits per heavy atom. The van der Waals surface area contributed by atoms with Gasteiger partial charge in [0.1, 0.15) is 6.10 Å². The highest BCUT2D eigenvalue weighted by molar-refractivity contribution is 7.90. The number of rotatable bonds is 2. The van der Waals surface area contributed by atoms with E-state index in [-0.39, 0.29) is 17.1 Å². The summed E-state index contributed by atoms with van der Waals surface area (Å²) >= 11 is 0. The van der Waals surface area contributed by atoms with Crippen LogP contribution in [0.15, 0.2) is 17.2 Å². The van der Waals surface area contributed by atoms with E-state index in [0.29, 0.717) is 24.0 Å². The summed E-state index contributed by atoms with van der Waals surface area (Å²) < 4.78 is 31.2. The van der Waals surface area contributed by atoms with Crippen molar-refractivity contribution in [3.8, 4) is 0 Å². The molecule has 1 atom stereocenters. The maximum absolute atomic E-state index is 11.9. The van der Waals surface area contributed by atoms with Crippen LogP contribution in [-0.2, 0) is 25.9 Å². The van der Waals surface area contributed by atoms with Gasteiger partial charge in [-0.3, -0.25) is 4.79 Å². The van der Waals surface area contributed by atoms with E-state index in [1.807, 2.05) is 10.6 Å². The first-order valence-electron chi connectivity index (χ1n) is 6.65. The summed E-state index contributed by atoms with van der Waals surface area (Å²) in [5, 5.41) is 0.677. The molecule has 0 saturated carbocycles. The Kier molecular flexibility index (Phi) is 3.05. The van der Waals surface area contributed by atoms with Gasteiger partial charge in [-0.05, 0) is 19.1 Å². The fourth-order valence-electron chi connectivity index (χ4n) is 2.87. The van der Waals surface area contributed by atoms with Gasteiger partial charge in [0.2, 0.25) is 0 Å². The molecular weight excluding hydrogens is 292 g/mol. The minimum Gasteiger partial charge on any atom is -0.456 e. The van der Waals surface area contributed by atoms with Gasteiger partial charge in [0, 0.05) is 37.2 Å². The fourth-order valence-corrected chi connectivity index (χ4v) is 3.75. The number of esters is 1. The van der Waals surface area contributed by atoms with Crippen molar-refractivity contribution in [2.75, 3.05) is 6.26 Å². The molecule has 2 aromatic rings. The Labute approximate surface area is 122 Å². The van der Waals surface area contributed by atoms with Crippen LogP contribution >= 0.6 is 0 Å². The van der Waals surface area contributed by atoms with Crippen LogP contribution in [0, 0.1) is 6.92 Å². The van der Waals surface area contributed by atoms with Gasteiger partial charge >= 0.3 is 5.97 Å². The number of carbonyl (C=O) groups excluding carboxylic acids is 1. The molecule has 1 unspecified atom stereocenters. The van der Waals surface area contributed by atoms with Crippen LogP contribution in [0.25, 0.3) is 10.9 Å². The summed E-state index contributed by atoms with van der Waals surface area (Å²) in [6.45, 7) is 3.84. The van der Waals surface area contributed by atoms with Crippen LogP contribution in [-0.4, -0.2) is 30.2 Å². The number of hydrogen-bond acceptors (Lipinski definition) is 5. The molecule has 21 heavy (non-hydrogen) atoms. The molecule has 3 heterocycles. The van der Waals surface area contributed by atoms with Crippen LogP contribution in [0.3, 0.4) is 0 Å². The minimum atomic E-state index is -3.41. The first kappa shape index (κ1) is 14.1. The number of pyridine rings is 1. The van der Waals surface area contributed by atoms with E-state index in [4.69, 9.17) is 4.74 Å². The molecule has 0 bridgehead atoms. The molecule has 0 amide bonds. The second kappa shape index (κ2) is 4.56. The largest absolute Gasteiger partial charge is 0.456 e. The van der Waals surface area contributed by atoms with Gasteiger partial charge in [0.05, 0.1) is 11.2 Å². The lowest BCUT2D eigenvalue weighted by molar-refractivity contribution is -0.146. The van der Waals surface area contributed by atoms with Crippen molar-refractivity contribution < 1.29 is 17.9 Å². The molecule has 1 aliphatic heterocycles. The first-order chi connectivity index (χ1) is 9.77. The van der Waals surface area contributed by atoms with Crippen molar-refractivity contribution in [3.05, 3.63) is 23.5 Å². The predicted molar refractivity (Wildman–Crippen MR) is 76.7 cm³/mol. The average molecular weight is 308 g/mol. The SMILES string of the molecule is CC(=O)OC1CCn2c1cc1c(S(C)(=O)=O)nc(C)cc12. The van der Waals surface area contributed by atoms with Gasteiger partial charge in [-0.15, -0.1) is 0 Å². The minimum absolute atomic E-state index is 0.0842. The van der Waals surface area contributed by atoms with Crippen LogP contribution < -0.4 is 0 Å². The molecule has 1 aliphatic rings. The topological polar surface area (TPSA) is 78.3 Å². The Morgan fingerprint density at radius 1 is 1.43 bits per heavy atom. The van der Waals surface area contributed by atoms with Gasteiger partial charge in [-0.25, -0.2) is 13.4 Å². The van der Waals surface area contributed by atoms with Crippen molar-refractivity contribution in [1.82, 2.24) is 9.55 Å². The third-order valence-corrected chi connectivity index (χ3v) is 4.64. The molecule has 0 radical (unpaired) electrons. The maximum Gasteiger partial charge on any atom is 0.303 e. The highest BCUT2D eigenvalue weighted by Gasteiger charge is 2.29. The number of fused-ring (bicyclic) bond motifs is 3. The molecule has 0 aliphatic carbocycles. The zero-order valence-electron chi connectivity index (χ0n) is 12.1. The van der Waals surface area contributed by atoms with E-state index in [0.717, 1.165) is 17.5 Å². The quantitative estimate of drug-likeness (QED) is 0.790. The van der Waals surface area contributed by atoms with E-state index in [2.05, 4.69) is 4.98 Å². The van der Waals surface area contributed by atoms with Crippen molar-refractivity contribution in [2.45, 2.75) is 37.9 Å². The highest BCUT2D eigenvalue weighted by atomic mass is 32.2. The third-order valence-electron chi connectivity index (χ3n) is 3.63. The average Bonchev–Trinajstić information content (AvgIpc) is 2.87. The van der Waals surface area contributed by atoms with Gasteiger partial charge in [-0.2, -0.15) is 0 Å². The first-order valence-corrected chi connectivity index (χ1v) is 8.54. The van der Waals surface area contributed by atoms with Crippen LogP contribution in [0.1, 0.15) is 30.8 Å². The van der Waals surface area contributed by atoms with Gasteiger partial charge in [-0.1, -0.05) is 0 Å². The second-order valence-corrected chi connectivity index (χ2v) is 7.31. The molecule has 112 valence electrons. The predicted octanol–water partition coefficient (Wildman–Crippen LogP) is 1.76. The number of ether oxygens (including phenoxy) is 1. The molecule has 0 saturated heterocycles. The number of nitrogens with zero attached hydrogens (tertiary/aromatic N) is 2. The zero-order chi connectivity index (χ0) is 15.4. The van der Waals surface area contributed by atoms with Crippen LogP contribution in [0.2, 0.25) is 0 Å². The van der Waals surface area contributed by atoms with E-state index in [1.54, 1.807) is 13.0 Å². The third kappa shape index (κ3) is 2.31. The summed E-state index contributed by atoms with van der Waals surface area (Å²) in [5.41, 5.74) is 2.31. The number of aromatic nitrogens is 2. The normalized spacial score (nSPS) is 18.0. The molecule has 0 N–H and O–H groups in total. The molecular formula is C14H16N2O4S. The Balaban J connectivity index is 2.25. The lowest BCUT2D eigenvalue weighted by atomic mass is 10.2. The zero-order valence-corrected chi connectivity index (χ0v) is 12.9. The number of hydrogen-bond donors (Lipinski definition) is 0. The molecule has 6 nitrogen and oxygen atoms in total. The van der Waals surface area contributed by atoms with Crippen molar-refractivity contribution in [3.63, 3.8) is 0 Å². The Morgan fingerprint density at radius 2 is 2.14 bits per heavy atom. The van der Waals surface area contributed by atoms with Gasteiger partial charge in [0.25, 0.3) is 0 Å². The second-order valence-electron chi connectivity index (χ2n) is 5.38. The van der Waals surface area contributed by atoms with Crippen molar-refractivity contribution in [1.29, 1.82) is 0 Å². The van der Waals surface area contributed by atoms with E-state index < -0.39 is 9.84 Å². The maximum atomic E-state index is 11.9. The van der Waals surface area contributed by atoms with E-state index in [1.165, 1.54) is 6.92 Å². The number of carbonyl (C=O) groups is 1. The summed E-state index contributed by atoms with van der Waals surface area (Å²) in [7, 11) is -3.41. The molecule has 0 aromatic carbocycles. The molecule has 2 aromatic heterocycles. The van der Waals surface area contributed by atoms with Crippen LogP contribution in [0.5, 0.6) is 0 Å². The molecule has 3 rings (SSSR count). The highest BCUT2D eigenvalue weighted by Crippen LogP contribution is 2.37. The Bertz CT molecular complexity index is 851. The number of sulfone groups is 1. The lowest BCUT2D eigenvalue weighted by Crippen LogP contribution is -2.05. The summed E-state index contributed by atoms with van der Waals surface area (Å²) in [5.74, 6) is -0.337. The molecule has 7 heteroatoms. The van der Waals surface area contributed by atoms with Crippen molar-refractivity contribution >= 4 is 26.7 Å². The summed E-state index contributed by atoms with van der Waals surface area (Å²) in [4.78, 5) is 15.3. The van der Waals surface area contributed by atoms with Crippen LogP contribution in [0.4, 0.5) is 0 Å². The Hall–Kier alpha value is -1.89. The molecule has 0 spiro atoms. The van der Waals surface area contributed by atoms with E-state index >= 15 is 0 Å². The van der Waals surface area contributed by atoms with E-state index in [9.17, 15) is 13.2 Å². The number of aryl methyl sites for hydroxylation is 2.